The number of aryl methyl sites for hydroxylation is 1. The maximum absolute atomic E-state index is 13.0. The number of methoxy groups -OCH3 is 2. The molecule has 0 bridgehead atoms. The fourth-order valence-corrected chi connectivity index (χ4v) is 3.78. The number of carbonyl (C=O) groups is 2. The largest absolute Gasteiger partial charge is 0.493 e. The summed E-state index contributed by atoms with van der Waals surface area (Å²) in [5.41, 5.74) is 2.49. The zero-order valence-electron chi connectivity index (χ0n) is 17.3. The van der Waals surface area contributed by atoms with Crippen molar-refractivity contribution in [3.8, 4) is 17.6 Å². The Morgan fingerprint density at radius 1 is 1.13 bits per heavy atom. The van der Waals surface area contributed by atoms with Gasteiger partial charge in [-0.05, 0) is 43.2 Å². The molecule has 0 saturated carbocycles. The number of ether oxygens (including phenoxy) is 3. The molecule has 0 unspecified atom stereocenters. The van der Waals surface area contributed by atoms with Gasteiger partial charge < -0.3 is 19.1 Å². The standard InChI is InChI=1S/C23H24N2O5/c1-15-4-7-17(8-5-15)25-21(26)11-9-18(23(27)30-13-12-24)22(25)16-6-10-19(28-2)20(14-16)29-3/h4-8,10,14,18,22H,9,11,13H2,1-3H3/t18-,22+/m0/s1. The van der Waals surface area contributed by atoms with Crippen LogP contribution in [0.1, 0.15) is 30.0 Å². The van der Waals surface area contributed by atoms with Crippen molar-refractivity contribution >= 4 is 17.6 Å². The van der Waals surface area contributed by atoms with E-state index in [0.29, 0.717) is 23.6 Å². The van der Waals surface area contributed by atoms with Crippen LogP contribution in [0.4, 0.5) is 5.69 Å². The number of hydrogen-bond donors (Lipinski definition) is 0. The monoisotopic (exact) mass is 408 g/mol. The van der Waals surface area contributed by atoms with E-state index in [2.05, 4.69) is 0 Å². The van der Waals surface area contributed by atoms with E-state index in [4.69, 9.17) is 19.5 Å². The summed E-state index contributed by atoms with van der Waals surface area (Å²) >= 11 is 0. The number of esters is 1. The summed E-state index contributed by atoms with van der Waals surface area (Å²) in [6.07, 6.45) is 0.550. The summed E-state index contributed by atoms with van der Waals surface area (Å²) in [5, 5.41) is 8.80. The van der Waals surface area contributed by atoms with Crippen LogP contribution in [0.3, 0.4) is 0 Å². The van der Waals surface area contributed by atoms with Gasteiger partial charge in [0.05, 0.1) is 26.2 Å². The highest BCUT2D eigenvalue weighted by Gasteiger charge is 2.42. The first kappa shape index (κ1) is 21.2. The van der Waals surface area contributed by atoms with Crippen LogP contribution in [0.25, 0.3) is 0 Å². The first-order valence-electron chi connectivity index (χ1n) is 9.64. The number of carbonyl (C=O) groups excluding carboxylic acids is 2. The zero-order chi connectivity index (χ0) is 21.7. The second kappa shape index (κ2) is 9.31. The second-order valence-electron chi connectivity index (χ2n) is 7.07. The molecule has 30 heavy (non-hydrogen) atoms. The fraction of sp³-hybridized carbons (Fsp3) is 0.348. The lowest BCUT2D eigenvalue weighted by molar-refractivity contribution is -0.149. The van der Waals surface area contributed by atoms with Crippen LogP contribution in [-0.4, -0.2) is 32.7 Å². The van der Waals surface area contributed by atoms with Gasteiger partial charge >= 0.3 is 5.97 Å². The lowest BCUT2D eigenvalue weighted by Gasteiger charge is -2.40. The molecule has 3 rings (SSSR count). The molecule has 0 radical (unpaired) electrons. The third kappa shape index (κ3) is 4.23. The van der Waals surface area contributed by atoms with E-state index in [9.17, 15) is 9.59 Å². The first-order chi connectivity index (χ1) is 14.5. The van der Waals surface area contributed by atoms with Crippen molar-refractivity contribution in [2.75, 3.05) is 25.7 Å². The van der Waals surface area contributed by atoms with Crippen LogP contribution in [0.5, 0.6) is 11.5 Å². The van der Waals surface area contributed by atoms with Crippen LogP contribution >= 0.6 is 0 Å². The predicted octanol–water partition coefficient (Wildman–Crippen LogP) is 3.56. The van der Waals surface area contributed by atoms with E-state index in [-0.39, 0.29) is 18.9 Å². The van der Waals surface area contributed by atoms with Gasteiger partial charge in [0, 0.05) is 12.1 Å². The molecule has 1 fully saturated rings. The van der Waals surface area contributed by atoms with Crippen molar-refractivity contribution in [2.45, 2.75) is 25.8 Å². The van der Waals surface area contributed by atoms with Crippen molar-refractivity contribution in [3.05, 3.63) is 53.6 Å². The number of nitriles is 1. The number of nitrogens with zero attached hydrogens (tertiary/aromatic N) is 2. The lowest BCUT2D eigenvalue weighted by atomic mass is 9.83. The third-order valence-electron chi connectivity index (χ3n) is 5.24. The minimum atomic E-state index is -0.615. The molecule has 1 aliphatic rings. The summed E-state index contributed by atoms with van der Waals surface area (Å²) in [6, 6.07) is 14.1. The highest BCUT2D eigenvalue weighted by Crippen LogP contribution is 2.42. The van der Waals surface area contributed by atoms with Crippen LogP contribution in [-0.2, 0) is 14.3 Å². The van der Waals surface area contributed by atoms with E-state index < -0.39 is 17.9 Å². The van der Waals surface area contributed by atoms with Crippen molar-refractivity contribution in [2.24, 2.45) is 5.92 Å². The first-order valence-corrected chi connectivity index (χ1v) is 9.64. The van der Waals surface area contributed by atoms with E-state index in [1.807, 2.05) is 43.3 Å². The van der Waals surface area contributed by atoms with Gasteiger partial charge in [0.1, 0.15) is 6.07 Å². The van der Waals surface area contributed by atoms with Crippen LogP contribution in [0, 0.1) is 24.2 Å². The summed E-state index contributed by atoms with van der Waals surface area (Å²) in [5.74, 6) is -0.144. The average molecular weight is 408 g/mol. The highest BCUT2D eigenvalue weighted by molar-refractivity contribution is 5.97. The van der Waals surface area contributed by atoms with E-state index in [1.54, 1.807) is 24.1 Å². The molecule has 0 N–H and O–H groups in total. The number of anilines is 1. The van der Waals surface area contributed by atoms with Gasteiger partial charge in [0.25, 0.3) is 0 Å². The Bertz CT molecular complexity index is 965. The van der Waals surface area contributed by atoms with Gasteiger partial charge in [-0.2, -0.15) is 5.26 Å². The van der Waals surface area contributed by atoms with E-state index >= 15 is 0 Å². The second-order valence-corrected chi connectivity index (χ2v) is 7.07. The smallest absolute Gasteiger partial charge is 0.312 e. The molecule has 156 valence electrons. The Kier molecular flexibility index (Phi) is 6.58. The summed E-state index contributed by atoms with van der Waals surface area (Å²) in [6.45, 7) is 1.64. The molecule has 1 amide bonds. The third-order valence-corrected chi connectivity index (χ3v) is 5.24. The number of rotatable bonds is 6. The number of amides is 1. The molecule has 2 atom stereocenters. The molecule has 2 aromatic carbocycles. The Balaban J connectivity index is 2.11. The number of hydrogen-bond acceptors (Lipinski definition) is 6. The SMILES string of the molecule is COc1ccc([C@@H]2[C@@H](C(=O)OCC#N)CCC(=O)N2c2ccc(C)cc2)cc1OC. The fourth-order valence-electron chi connectivity index (χ4n) is 3.78. The molecule has 1 heterocycles. The minimum Gasteiger partial charge on any atom is -0.493 e. The Morgan fingerprint density at radius 2 is 1.83 bits per heavy atom. The molecule has 0 aliphatic carbocycles. The molecule has 7 heteroatoms. The molecule has 1 aliphatic heterocycles. The van der Waals surface area contributed by atoms with Gasteiger partial charge in [0.15, 0.2) is 18.1 Å². The molecule has 0 aromatic heterocycles. The summed E-state index contributed by atoms with van der Waals surface area (Å²) < 4.78 is 15.9. The molecule has 1 saturated heterocycles. The van der Waals surface area contributed by atoms with Gasteiger partial charge in [0.2, 0.25) is 5.91 Å². The maximum Gasteiger partial charge on any atom is 0.312 e. The van der Waals surface area contributed by atoms with Crippen LogP contribution < -0.4 is 14.4 Å². The Labute approximate surface area is 175 Å². The Hall–Kier alpha value is -3.53. The van der Waals surface area contributed by atoms with Crippen molar-refractivity contribution in [3.63, 3.8) is 0 Å². The quantitative estimate of drug-likeness (QED) is 0.679. The summed E-state index contributed by atoms with van der Waals surface area (Å²) in [4.78, 5) is 27.4. The average Bonchev–Trinajstić information content (AvgIpc) is 2.77. The zero-order valence-corrected chi connectivity index (χ0v) is 17.3. The van der Waals surface area contributed by atoms with Gasteiger partial charge in [-0.25, -0.2) is 0 Å². The maximum atomic E-state index is 13.0. The minimum absolute atomic E-state index is 0.0806. The van der Waals surface area contributed by atoms with Crippen molar-refractivity contribution < 1.29 is 23.8 Å². The molecule has 2 aromatic rings. The van der Waals surface area contributed by atoms with E-state index in [0.717, 1.165) is 11.1 Å². The predicted molar refractivity (Wildman–Crippen MR) is 110 cm³/mol. The van der Waals surface area contributed by atoms with Gasteiger partial charge in [-0.1, -0.05) is 23.8 Å². The lowest BCUT2D eigenvalue weighted by Crippen LogP contribution is -2.46. The van der Waals surface area contributed by atoms with E-state index in [1.165, 1.54) is 7.11 Å². The van der Waals surface area contributed by atoms with Crippen LogP contribution in [0.15, 0.2) is 42.5 Å². The summed E-state index contributed by atoms with van der Waals surface area (Å²) in [7, 11) is 3.08. The number of benzene rings is 2. The number of piperidine rings is 1. The molecular weight excluding hydrogens is 384 g/mol. The van der Waals surface area contributed by atoms with Gasteiger partial charge in [-0.3, -0.25) is 9.59 Å². The topological polar surface area (TPSA) is 88.9 Å². The highest BCUT2D eigenvalue weighted by atomic mass is 16.5. The normalized spacial score (nSPS) is 18.5. The molecule has 0 spiro atoms. The molecule has 7 nitrogen and oxygen atoms in total. The Morgan fingerprint density at radius 3 is 2.47 bits per heavy atom. The van der Waals surface area contributed by atoms with Crippen molar-refractivity contribution in [1.29, 1.82) is 5.26 Å². The van der Waals surface area contributed by atoms with Gasteiger partial charge in [-0.15, -0.1) is 0 Å². The molecular formula is C23H24N2O5. The van der Waals surface area contributed by atoms with Crippen molar-refractivity contribution in [1.82, 2.24) is 0 Å². The van der Waals surface area contributed by atoms with Crippen LogP contribution in [0.2, 0.25) is 0 Å².